The van der Waals surface area contributed by atoms with Crippen molar-refractivity contribution in [3.8, 4) is 11.5 Å². The number of rotatable bonds is 6. The first-order valence-electron chi connectivity index (χ1n) is 8.42. The van der Waals surface area contributed by atoms with Crippen molar-refractivity contribution in [3.63, 3.8) is 0 Å². The first-order chi connectivity index (χ1) is 12.4. The molecule has 0 heterocycles. The van der Waals surface area contributed by atoms with E-state index in [0.717, 1.165) is 11.1 Å². The second-order valence-electron chi connectivity index (χ2n) is 6.01. The molecule has 2 atom stereocenters. The number of hydrogen-bond acceptors (Lipinski definition) is 4. The van der Waals surface area contributed by atoms with Gasteiger partial charge in [0, 0.05) is 0 Å². The van der Waals surface area contributed by atoms with Crippen molar-refractivity contribution in [2.75, 3.05) is 0 Å². The normalized spacial score (nSPS) is 12.6. The number of para-hydroxylation sites is 1. The molecule has 0 fully saturated rings. The number of nitrogens with one attached hydrogen (secondary N) is 2. The lowest BCUT2D eigenvalue weighted by atomic mass is 10.1. The van der Waals surface area contributed by atoms with Crippen LogP contribution in [0.15, 0.2) is 48.5 Å². The topological polar surface area (TPSA) is 76.7 Å². The Kier molecular flexibility index (Phi) is 6.60. The van der Waals surface area contributed by atoms with E-state index in [1.165, 1.54) is 0 Å². The maximum absolute atomic E-state index is 12.1. The van der Waals surface area contributed by atoms with Gasteiger partial charge < -0.3 is 9.47 Å². The van der Waals surface area contributed by atoms with E-state index in [9.17, 15) is 9.59 Å². The van der Waals surface area contributed by atoms with E-state index in [4.69, 9.17) is 9.47 Å². The first kappa shape index (κ1) is 19.3. The lowest BCUT2D eigenvalue weighted by molar-refractivity contribution is -0.135. The van der Waals surface area contributed by atoms with E-state index in [1.54, 1.807) is 32.0 Å². The van der Waals surface area contributed by atoms with Crippen LogP contribution in [0.1, 0.15) is 25.0 Å². The lowest BCUT2D eigenvalue weighted by Gasteiger charge is -2.19. The van der Waals surface area contributed by atoms with E-state index in [0.29, 0.717) is 11.5 Å². The second kappa shape index (κ2) is 8.89. The molecule has 0 aliphatic rings. The molecular weight excluding hydrogens is 332 g/mol. The summed E-state index contributed by atoms with van der Waals surface area (Å²) in [7, 11) is 0. The van der Waals surface area contributed by atoms with Crippen molar-refractivity contribution in [2.45, 2.75) is 39.9 Å². The predicted molar refractivity (Wildman–Crippen MR) is 98.8 cm³/mol. The molecule has 0 radical (unpaired) electrons. The summed E-state index contributed by atoms with van der Waals surface area (Å²) in [4.78, 5) is 24.2. The van der Waals surface area contributed by atoms with Crippen LogP contribution in [0, 0.1) is 13.8 Å². The van der Waals surface area contributed by atoms with E-state index in [2.05, 4.69) is 10.9 Å². The fourth-order valence-corrected chi connectivity index (χ4v) is 2.18. The number of carbonyl (C=O) groups excluding carboxylic acids is 2. The summed E-state index contributed by atoms with van der Waals surface area (Å²) in [5, 5.41) is 0. The van der Waals surface area contributed by atoms with Crippen molar-refractivity contribution in [1.29, 1.82) is 0 Å². The molecule has 26 heavy (non-hydrogen) atoms. The summed E-state index contributed by atoms with van der Waals surface area (Å²) in [5.74, 6) is 0.306. The van der Waals surface area contributed by atoms with Gasteiger partial charge in [0.1, 0.15) is 11.5 Å². The van der Waals surface area contributed by atoms with Crippen LogP contribution in [-0.2, 0) is 9.59 Å². The minimum Gasteiger partial charge on any atom is -0.481 e. The van der Waals surface area contributed by atoms with Crippen LogP contribution >= 0.6 is 0 Å². The minimum atomic E-state index is -0.763. The molecule has 6 nitrogen and oxygen atoms in total. The molecule has 0 saturated heterocycles. The fraction of sp³-hybridized carbons (Fsp3) is 0.300. The highest BCUT2D eigenvalue weighted by atomic mass is 16.5. The highest BCUT2D eigenvalue weighted by Crippen LogP contribution is 2.21. The molecule has 2 aromatic rings. The number of ether oxygens (including phenoxy) is 2. The van der Waals surface area contributed by atoms with Gasteiger partial charge in [-0.2, -0.15) is 0 Å². The summed E-state index contributed by atoms with van der Waals surface area (Å²) < 4.78 is 11.2. The zero-order valence-electron chi connectivity index (χ0n) is 15.4. The van der Waals surface area contributed by atoms with E-state index >= 15 is 0 Å². The Hall–Kier alpha value is -3.02. The number of carbonyl (C=O) groups is 2. The zero-order valence-corrected chi connectivity index (χ0v) is 15.4. The Morgan fingerprint density at radius 3 is 2.00 bits per heavy atom. The molecule has 2 rings (SSSR count). The molecule has 2 unspecified atom stereocenters. The standard InChI is InChI=1S/C20H24N2O4/c1-13-9-8-12-18(14(13)2)26-16(4)20(24)22-21-19(23)15(3)25-17-10-6-5-7-11-17/h5-12,15-16H,1-4H3,(H,21,23)(H,22,24). The van der Waals surface area contributed by atoms with Crippen LogP contribution in [0.25, 0.3) is 0 Å². The molecule has 0 bridgehead atoms. The lowest BCUT2D eigenvalue weighted by Crippen LogP contribution is -2.50. The van der Waals surface area contributed by atoms with Crippen molar-refractivity contribution < 1.29 is 19.1 Å². The van der Waals surface area contributed by atoms with E-state index in [1.807, 2.05) is 44.2 Å². The predicted octanol–water partition coefficient (Wildman–Crippen LogP) is 2.69. The number of aryl methyl sites for hydroxylation is 1. The summed E-state index contributed by atoms with van der Waals surface area (Å²) >= 11 is 0. The third kappa shape index (κ3) is 5.24. The summed E-state index contributed by atoms with van der Waals surface area (Å²) in [6, 6.07) is 14.6. The van der Waals surface area contributed by atoms with Crippen molar-refractivity contribution in [1.82, 2.24) is 10.9 Å². The third-order valence-electron chi connectivity index (χ3n) is 3.96. The summed E-state index contributed by atoms with van der Waals surface area (Å²) in [5.41, 5.74) is 6.76. The summed E-state index contributed by atoms with van der Waals surface area (Å²) in [6.45, 7) is 7.12. The smallest absolute Gasteiger partial charge is 0.279 e. The van der Waals surface area contributed by atoms with Gasteiger partial charge in [-0.05, 0) is 57.0 Å². The molecule has 0 aromatic heterocycles. The van der Waals surface area contributed by atoms with Crippen LogP contribution in [0.2, 0.25) is 0 Å². The molecule has 2 amide bonds. The summed E-state index contributed by atoms with van der Waals surface area (Å²) in [6.07, 6.45) is -1.52. The Labute approximate surface area is 153 Å². The van der Waals surface area contributed by atoms with Crippen molar-refractivity contribution in [2.24, 2.45) is 0 Å². The van der Waals surface area contributed by atoms with Gasteiger partial charge in [0.2, 0.25) is 0 Å². The van der Waals surface area contributed by atoms with Gasteiger partial charge >= 0.3 is 0 Å². The average Bonchev–Trinajstić information content (AvgIpc) is 2.63. The number of amides is 2. The third-order valence-corrected chi connectivity index (χ3v) is 3.96. The molecule has 0 aliphatic heterocycles. The van der Waals surface area contributed by atoms with Gasteiger partial charge in [0.15, 0.2) is 12.2 Å². The largest absolute Gasteiger partial charge is 0.481 e. The highest BCUT2D eigenvalue weighted by molar-refractivity contribution is 5.86. The Balaban J connectivity index is 1.83. The van der Waals surface area contributed by atoms with Crippen LogP contribution in [0.3, 0.4) is 0 Å². The SMILES string of the molecule is Cc1cccc(OC(C)C(=O)NNC(=O)C(C)Oc2ccccc2)c1C. The van der Waals surface area contributed by atoms with E-state index < -0.39 is 24.0 Å². The monoisotopic (exact) mass is 356 g/mol. The Morgan fingerprint density at radius 1 is 0.808 bits per heavy atom. The zero-order chi connectivity index (χ0) is 19.1. The molecule has 0 aliphatic carbocycles. The van der Waals surface area contributed by atoms with Crippen molar-refractivity contribution in [3.05, 3.63) is 59.7 Å². The fourth-order valence-electron chi connectivity index (χ4n) is 2.18. The van der Waals surface area contributed by atoms with Gasteiger partial charge in [-0.1, -0.05) is 30.3 Å². The molecule has 2 aromatic carbocycles. The van der Waals surface area contributed by atoms with Gasteiger partial charge in [0.25, 0.3) is 11.8 Å². The van der Waals surface area contributed by atoms with Crippen LogP contribution in [-0.4, -0.2) is 24.0 Å². The molecule has 138 valence electrons. The first-order valence-corrected chi connectivity index (χ1v) is 8.42. The van der Waals surface area contributed by atoms with Gasteiger partial charge in [0.05, 0.1) is 0 Å². The average molecular weight is 356 g/mol. The molecule has 0 saturated carbocycles. The van der Waals surface area contributed by atoms with Gasteiger partial charge in [-0.15, -0.1) is 0 Å². The van der Waals surface area contributed by atoms with Gasteiger partial charge in [-0.25, -0.2) is 0 Å². The quantitative estimate of drug-likeness (QED) is 0.780. The second-order valence-corrected chi connectivity index (χ2v) is 6.01. The molecule has 6 heteroatoms. The Bertz CT molecular complexity index is 762. The maximum atomic E-state index is 12.1. The maximum Gasteiger partial charge on any atom is 0.279 e. The van der Waals surface area contributed by atoms with Crippen molar-refractivity contribution >= 4 is 11.8 Å². The van der Waals surface area contributed by atoms with Gasteiger partial charge in [-0.3, -0.25) is 20.4 Å². The van der Waals surface area contributed by atoms with Crippen LogP contribution in [0.4, 0.5) is 0 Å². The van der Waals surface area contributed by atoms with Crippen LogP contribution in [0.5, 0.6) is 11.5 Å². The molecular formula is C20H24N2O4. The van der Waals surface area contributed by atoms with Crippen LogP contribution < -0.4 is 20.3 Å². The van der Waals surface area contributed by atoms with E-state index in [-0.39, 0.29) is 0 Å². The molecule has 0 spiro atoms. The highest BCUT2D eigenvalue weighted by Gasteiger charge is 2.19. The Morgan fingerprint density at radius 2 is 1.38 bits per heavy atom. The number of benzene rings is 2. The number of hydrazine groups is 1. The number of hydrogen-bond donors (Lipinski definition) is 2. The molecule has 2 N–H and O–H groups in total. The minimum absolute atomic E-state index is 0.453.